The zero-order valence-corrected chi connectivity index (χ0v) is 22.7. The largest absolute Gasteiger partial charge is 0.491 e. The Morgan fingerprint density at radius 3 is 2.98 bits per heavy atom. The Hall–Kier alpha value is -4.39. The Morgan fingerprint density at radius 2 is 2.10 bits per heavy atom. The lowest BCUT2D eigenvalue weighted by Gasteiger charge is -2.24. The number of halogens is 1. The average molecular weight is 564 g/mol. The smallest absolute Gasteiger partial charge is 0.326 e. The summed E-state index contributed by atoms with van der Waals surface area (Å²) in [4.78, 5) is 38.3. The molecule has 0 saturated carbocycles. The monoisotopic (exact) mass is 563 g/mol. The second-order valence-electron chi connectivity index (χ2n) is 9.97. The zero-order valence-electron chi connectivity index (χ0n) is 22.7. The van der Waals surface area contributed by atoms with E-state index in [1.807, 2.05) is 0 Å². The molecule has 4 aromatic heterocycles. The van der Waals surface area contributed by atoms with Crippen LogP contribution in [0.15, 0.2) is 43.2 Å². The van der Waals surface area contributed by atoms with Gasteiger partial charge in [-0.1, -0.05) is 6.07 Å². The first-order valence-corrected chi connectivity index (χ1v) is 13.9. The molecule has 5 heterocycles. The highest BCUT2D eigenvalue weighted by Crippen LogP contribution is 2.21. The SMILES string of the molecule is O=C(O)[C@H](CCN(CCCCc1ccc2c(n1)NCCC2)CCOc1cncc(F)c1)Nc1ncnc2[nH]cnc12. The number of ether oxygens (including phenoxy) is 1. The first kappa shape index (κ1) is 28.1. The summed E-state index contributed by atoms with van der Waals surface area (Å²) in [5.41, 5.74) is 3.35. The van der Waals surface area contributed by atoms with Gasteiger partial charge >= 0.3 is 5.97 Å². The molecule has 12 nitrogen and oxygen atoms in total. The Morgan fingerprint density at radius 1 is 1.17 bits per heavy atom. The van der Waals surface area contributed by atoms with Gasteiger partial charge in [-0.25, -0.2) is 29.1 Å². The van der Waals surface area contributed by atoms with Crippen LogP contribution >= 0.6 is 0 Å². The first-order valence-electron chi connectivity index (χ1n) is 13.9. The number of carboxylic acids is 1. The molecular weight excluding hydrogens is 529 g/mol. The van der Waals surface area contributed by atoms with E-state index in [-0.39, 0.29) is 0 Å². The van der Waals surface area contributed by atoms with Crippen molar-refractivity contribution in [3.8, 4) is 5.75 Å². The molecule has 5 rings (SSSR count). The molecule has 1 atom stereocenters. The molecule has 1 aliphatic rings. The zero-order chi connectivity index (χ0) is 28.4. The molecule has 41 heavy (non-hydrogen) atoms. The minimum atomic E-state index is -0.985. The van der Waals surface area contributed by atoms with Crippen LogP contribution in [0.3, 0.4) is 0 Å². The van der Waals surface area contributed by atoms with Gasteiger partial charge in [0.2, 0.25) is 0 Å². The molecule has 216 valence electrons. The number of carboxylic acid groups (broad SMARTS) is 1. The fourth-order valence-corrected chi connectivity index (χ4v) is 4.85. The van der Waals surface area contributed by atoms with E-state index in [1.54, 1.807) is 0 Å². The highest BCUT2D eigenvalue weighted by atomic mass is 19.1. The van der Waals surface area contributed by atoms with E-state index in [4.69, 9.17) is 9.72 Å². The molecule has 0 aliphatic carbocycles. The Labute approximate surface area is 236 Å². The minimum absolute atomic E-state index is 0.314. The standard InChI is InChI=1S/C28H34FN9O3/c29-20-14-22(16-30-15-20)41-13-12-38(10-2-1-5-21-7-6-19-4-3-9-31-25(19)36-21)11-8-23(28(39)40)37-27-24-26(33-17-32-24)34-18-35-27/h6-7,14-18,23H,1-5,8-13H2,(H,31,36)(H,39,40)(H2,32,33,34,35,37)/t23-/m0/s1. The summed E-state index contributed by atoms with van der Waals surface area (Å²) < 4.78 is 19.2. The van der Waals surface area contributed by atoms with Gasteiger partial charge in [0.15, 0.2) is 11.5 Å². The number of rotatable bonds is 15. The van der Waals surface area contributed by atoms with Crippen molar-refractivity contribution >= 4 is 28.8 Å². The number of nitrogens with zero attached hydrogens (tertiary/aromatic N) is 6. The van der Waals surface area contributed by atoms with Crippen molar-refractivity contribution < 1.29 is 19.0 Å². The summed E-state index contributed by atoms with van der Waals surface area (Å²) in [6.07, 6.45) is 10.7. The van der Waals surface area contributed by atoms with Gasteiger partial charge in [-0.3, -0.25) is 9.88 Å². The van der Waals surface area contributed by atoms with Crippen LogP contribution in [0.4, 0.5) is 16.0 Å². The second kappa shape index (κ2) is 13.8. The lowest BCUT2D eigenvalue weighted by Crippen LogP contribution is -2.37. The third-order valence-corrected chi connectivity index (χ3v) is 7.03. The van der Waals surface area contributed by atoms with E-state index >= 15 is 0 Å². The van der Waals surface area contributed by atoms with Crippen LogP contribution in [0.25, 0.3) is 11.2 Å². The summed E-state index contributed by atoms with van der Waals surface area (Å²) in [7, 11) is 0. The highest BCUT2D eigenvalue weighted by Gasteiger charge is 2.21. The number of aryl methyl sites for hydroxylation is 2. The number of hydrogen-bond acceptors (Lipinski definition) is 10. The van der Waals surface area contributed by atoms with E-state index < -0.39 is 17.8 Å². The van der Waals surface area contributed by atoms with Crippen molar-refractivity contribution in [2.45, 2.75) is 44.6 Å². The van der Waals surface area contributed by atoms with Gasteiger partial charge in [-0.2, -0.15) is 0 Å². The quantitative estimate of drug-likeness (QED) is 0.158. The van der Waals surface area contributed by atoms with Crippen LogP contribution in [-0.4, -0.2) is 84.7 Å². The fraction of sp³-hybridized carbons (Fsp3) is 0.429. The van der Waals surface area contributed by atoms with Crippen LogP contribution in [0, 0.1) is 5.82 Å². The van der Waals surface area contributed by atoms with Gasteiger partial charge in [0.25, 0.3) is 0 Å². The van der Waals surface area contributed by atoms with Crippen LogP contribution in [-0.2, 0) is 17.6 Å². The predicted molar refractivity (Wildman–Crippen MR) is 151 cm³/mol. The number of aromatic nitrogens is 6. The van der Waals surface area contributed by atoms with Crippen molar-refractivity contribution in [1.29, 1.82) is 0 Å². The van der Waals surface area contributed by atoms with Crippen LogP contribution < -0.4 is 15.4 Å². The lowest BCUT2D eigenvalue weighted by atomic mass is 10.1. The maximum Gasteiger partial charge on any atom is 0.326 e. The molecular formula is C28H34FN9O3. The molecule has 0 spiro atoms. The van der Waals surface area contributed by atoms with E-state index in [0.29, 0.717) is 48.8 Å². The molecule has 0 bridgehead atoms. The highest BCUT2D eigenvalue weighted by molar-refractivity contribution is 5.85. The topological polar surface area (TPSA) is 154 Å². The maximum absolute atomic E-state index is 13.5. The molecule has 0 unspecified atom stereocenters. The molecule has 0 saturated heterocycles. The van der Waals surface area contributed by atoms with Gasteiger partial charge in [0.1, 0.15) is 41.9 Å². The van der Waals surface area contributed by atoms with Crippen LogP contribution in [0.2, 0.25) is 0 Å². The van der Waals surface area contributed by atoms with E-state index in [0.717, 1.165) is 62.9 Å². The molecule has 4 aromatic rings. The number of aromatic amines is 1. The number of hydrogen-bond donors (Lipinski definition) is 4. The van der Waals surface area contributed by atoms with Gasteiger partial charge in [-0.15, -0.1) is 0 Å². The van der Waals surface area contributed by atoms with Crippen LogP contribution in [0.1, 0.15) is 36.9 Å². The Bertz CT molecular complexity index is 1450. The molecule has 13 heteroatoms. The summed E-state index contributed by atoms with van der Waals surface area (Å²) >= 11 is 0. The number of nitrogens with one attached hydrogen (secondary N) is 3. The number of pyridine rings is 2. The number of H-pyrrole nitrogens is 1. The van der Waals surface area contributed by atoms with Gasteiger partial charge in [0.05, 0.1) is 18.7 Å². The number of unbranched alkanes of at least 4 members (excludes halogenated alkanes) is 1. The molecule has 0 amide bonds. The number of carbonyl (C=O) groups is 1. The molecule has 0 aromatic carbocycles. The van der Waals surface area contributed by atoms with Crippen molar-refractivity contribution in [2.75, 3.05) is 43.4 Å². The Kier molecular flexibility index (Phi) is 9.47. The second-order valence-corrected chi connectivity index (χ2v) is 9.97. The predicted octanol–water partition coefficient (Wildman–Crippen LogP) is 3.30. The molecule has 1 aliphatic heterocycles. The third kappa shape index (κ3) is 7.84. The summed E-state index contributed by atoms with van der Waals surface area (Å²) in [5, 5.41) is 16.3. The van der Waals surface area contributed by atoms with E-state index in [2.05, 4.69) is 52.6 Å². The molecule has 0 radical (unpaired) electrons. The minimum Gasteiger partial charge on any atom is -0.491 e. The first-order chi connectivity index (χ1) is 20.0. The number of fused-ring (bicyclic) bond motifs is 2. The van der Waals surface area contributed by atoms with Gasteiger partial charge in [0, 0.05) is 31.4 Å². The number of imidazole rings is 1. The maximum atomic E-state index is 13.5. The van der Waals surface area contributed by atoms with E-state index in [9.17, 15) is 14.3 Å². The number of aliphatic carboxylic acids is 1. The van der Waals surface area contributed by atoms with Gasteiger partial charge in [-0.05, 0) is 56.7 Å². The van der Waals surface area contributed by atoms with E-state index in [1.165, 1.54) is 30.5 Å². The van der Waals surface area contributed by atoms with Crippen molar-refractivity contribution in [1.82, 2.24) is 34.8 Å². The third-order valence-electron chi connectivity index (χ3n) is 7.03. The summed E-state index contributed by atoms with van der Waals surface area (Å²) in [6.45, 7) is 3.07. The van der Waals surface area contributed by atoms with Crippen molar-refractivity contribution in [3.05, 3.63) is 60.3 Å². The van der Waals surface area contributed by atoms with Gasteiger partial charge < -0.3 is 25.5 Å². The van der Waals surface area contributed by atoms with Crippen molar-refractivity contribution in [3.63, 3.8) is 0 Å². The summed E-state index contributed by atoms with van der Waals surface area (Å²) in [6, 6.07) is 4.69. The lowest BCUT2D eigenvalue weighted by molar-refractivity contribution is -0.138. The average Bonchev–Trinajstić information content (AvgIpc) is 3.47. The molecule has 4 N–H and O–H groups in total. The Balaban J connectivity index is 1.17. The molecule has 0 fully saturated rings. The fourth-order valence-electron chi connectivity index (χ4n) is 4.85. The van der Waals surface area contributed by atoms with Crippen molar-refractivity contribution in [2.24, 2.45) is 0 Å². The van der Waals surface area contributed by atoms with Crippen LogP contribution in [0.5, 0.6) is 5.75 Å². The number of anilines is 2. The normalized spacial score (nSPS) is 13.5. The summed E-state index contributed by atoms with van der Waals surface area (Å²) in [5.74, 6) is 0.276.